The van der Waals surface area contributed by atoms with Gasteiger partial charge in [0.15, 0.2) is 0 Å². The molecule has 1 unspecified atom stereocenters. The van der Waals surface area contributed by atoms with Crippen LogP contribution in [0, 0.1) is 0 Å². The lowest BCUT2D eigenvalue weighted by Crippen LogP contribution is -2.23. The van der Waals surface area contributed by atoms with Crippen molar-refractivity contribution in [3.05, 3.63) is 72.3 Å². The van der Waals surface area contributed by atoms with E-state index in [4.69, 9.17) is 20.9 Å². The minimum atomic E-state index is -0.204. The van der Waals surface area contributed by atoms with Crippen LogP contribution in [0.25, 0.3) is 0 Å². The van der Waals surface area contributed by atoms with Crippen LogP contribution in [0.3, 0.4) is 0 Å². The molecule has 0 spiro atoms. The fourth-order valence-corrected chi connectivity index (χ4v) is 4.37. The third kappa shape index (κ3) is 3.35. The second-order valence-corrected chi connectivity index (χ2v) is 8.28. The van der Waals surface area contributed by atoms with E-state index in [1.807, 2.05) is 12.1 Å². The van der Waals surface area contributed by atoms with Crippen LogP contribution in [0.5, 0.6) is 11.5 Å². The zero-order valence-electron chi connectivity index (χ0n) is 17.0. The maximum atomic E-state index is 6.33. The molecule has 0 saturated carbocycles. The van der Waals surface area contributed by atoms with Crippen molar-refractivity contribution in [1.29, 1.82) is 0 Å². The smallest absolute Gasteiger partial charge is 0.142 e. The molecule has 2 aromatic rings. The first-order chi connectivity index (χ1) is 13.2. The summed E-state index contributed by atoms with van der Waals surface area (Å²) in [6, 6.07) is 10.2. The van der Waals surface area contributed by atoms with Crippen molar-refractivity contribution in [2.45, 2.75) is 38.0 Å². The lowest BCUT2D eigenvalue weighted by molar-refractivity contribution is 0.362. The standard InChI is InChI=1S/C24H30N2O2/c1-6-10-27-21-12-16(8-9-19(21)25)24(5)15-23(3,4)17-14-22(28-11-7-2)20(26)13-18(17)24/h6-9,12-14H,1-2,10-11,15,25-26H2,3-5H3. The van der Waals surface area contributed by atoms with Gasteiger partial charge in [0.2, 0.25) is 0 Å². The molecule has 28 heavy (non-hydrogen) atoms. The Hall–Kier alpha value is -2.88. The van der Waals surface area contributed by atoms with Gasteiger partial charge in [0.1, 0.15) is 24.7 Å². The average Bonchev–Trinajstić information content (AvgIpc) is 2.85. The molecule has 0 bridgehead atoms. The van der Waals surface area contributed by atoms with E-state index in [2.05, 4.69) is 52.1 Å². The summed E-state index contributed by atoms with van der Waals surface area (Å²) in [5, 5.41) is 0. The lowest BCUT2D eigenvalue weighted by atomic mass is 9.75. The Morgan fingerprint density at radius 2 is 1.50 bits per heavy atom. The lowest BCUT2D eigenvalue weighted by Gasteiger charge is -2.29. The Kier molecular flexibility index (Phi) is 5.16. The van der Waals surface area contributed by atoms with Crippen molar-refractivity contribution in [2.24, 2.45) is 0 Å². The largest absolute Gasteiger partial charge is 0.487 e. The monoisotopic (exact) mass is 378 g/mol. The molecule has 4 nitrogen and oxygen atoms in total. The molecule has 3 rings (SSSR count). The van der Waals surface area contributed by atoms with Crippen LogP contribution in [0.1, 0.15) is 43.9 Å². The maximum Gasteiger partial charge on any atom is 0.142 e. The minimum absolute atomic E-state index is 0.0202. The van der Waals surface area contributed by atoms with Gasteiger partial charge in [-0.15, -0.1) is 0 Å². The van der Waals surface area contributed by atoms with Gasteiger partial charge in [-0.05, 0) is 52.8 Å². The number of rotatable bonds is 7. The highest BCUT2D eigenvalue weighted by Crippen LogP contribution is 2.55. The van der Waals surface area contributed by atoms with Crippen LogP contribution < -0.4 is 20.9 Å². The molecule has 0 aromatic heterocycles. The van der Waals surface area contributed by atoms with Crippen molar-refractivity contribution >= 4 is 11.4 Å². The van der Waals surface area contributed by atoms with Crippen molar-refractivity contribution in [1.82, 2.24) is 0 Å². The highest BCUT2D eigenvalue weighted by Gasteiger charge is 2.46. The van der Waals surface area contributed by atoms with Gasteiger partial charge in [0, 0.05) is 5.41 Å². The summed E-state index contributed by atoms with van der Waals surface area (Å²) in [4.78, 5) is 0. The minimum Gasteiger partial charge on any atom is -0.487 e. The van der Waals surface area contributed by atoms with Gasteiger partial charge < -0.3 is 20.9 Å². The normalized spacial score (nSPS) is 19.7. The third-order valence-corrected chi connectivity index (χ3v) is 5.63. The zero-order chi connectivity index (χ0) is 20.5. The molecule has 1 aliphatic carbocycles. The van der Waals surface area contributed by atoms with Gasteiger partial charge in [-0.1, -0.05) is 52.1 Å². The molecular weight excluding hydrogens is 348 g/mol. The molecule has 0 aliphatic heterocycles. The second-order valence-electron chi connectivity index (χ2n) is 8.28. The molecule has 4 N–H and O–H groups in total. The summed E-state index contributed by atoms with van der Waals surface area (Å²) in [5.74, 6) is 1.40. The maximum absolute atomic E-state index is 6.33. The van der Waals surface area contributed by atoms with Crippen molar-refractivity contribution in [2.75, 3.05) is 24.7 Å². The first kappa shape index (κ1) is 19.9. The Morgan fingerprint density at radius 1 is 0.893 bits per heavy atom. The second kappa shape index (κ2) is 7.27. The quantitative estimate of drug-likeness (QED) is 0.527. The van der Waals surface area contributed by atoms with Crippen molar-refractivity contribution in [3.8, 4) is 11.5 Å². The van der Waals surface area contributed by atoms with Crippen LogP contribution in [0.4, 0.5) is 11.4 Å². The van der Waals surface area contributed by atoms with Crippen LogP contribution >= 0.6 is 0 Å². The highest BCUT2D eigenvalue weighted by atomic mass is 16.5. The van der Waals surface area contributed by atoms with Crippen LogP contribution in [-0.4, -0.2) is 13.2 Å². The topological polar surface area (TPSA) is 70.5 Å². The number of nitrogens with two attached hydrogens (primary N) is 2. The number of fused-ring (bicyclic) bond motifs is 1. The Bertz CT molecular complexity index is 917. The molecule has 0 amide bonds. The molecule has 0 saturated heterocycles. The van der Waals surface area contributed by atoms with Gasteiger partial charge in [-0.2, -0.15) is 0 Å². The van der Waals surface area contributed by atoms with Crippen molar-refractivity contribution in [3.63, 3.8) is 0 Å². The van der Waals surface area contributed by atoms with Gasteiger partial charge >= 0.3 is 0 Å². The number of hydrogen-bond donors (Lipinski definition) is 2. The molecule has 1 atom stereocenters. The van der Waals surface area contributed by atoms with Crippen LogP contribution in [0.15, 0.2) is 55.6 Å². The summed E-state index contributed by atoms with van der Waals surface area (Å²) in [5.41, 5.74) is 17.1. The Morgan fingerprint density at radius 3 is 2.11 bits per heavy atom. The molecule has 2 aromatic carbocycles. The van der Waals surface area contributed by atoms with Gasteiger partial charge in [0.05, 0.1) is 11.4 Å². The Labute approximate surface area is 167 Å². The Balaban J connectivity index is 2.11. The summed E-state index contributed by atoms with van der Waals surface area (Å²) in [6.07, 6.45) is 4.39. The fraction of sp³-hybridized carbons (Fsp3) is 0.333. The first-order valence-corrected chi connectivity index (χ1v) is 9.55. The van der Waals surface area contributed by atoms with E-state index in [0.717, 1.165) is 12.0 Å². The summed E-state index contributed by atoms with van der Waals surface area (Å²) < 4.78 is 11.5. The van der Waals surface area contributed by atoms with Gasteiger partial charge in [0.25, 0.3) is 0 Å². The first-order valence-electron chi connectivity index (χ1n) is 9.55. The average molecular weight is 379 g/mol. The van der Waals surface area contributed by atoms with Crippen LogP contribution in [0.2, 0.25) is 0 Å². The summed E-state index contributed by atoms with van der Waals surface area (Å²) in [6.45, 7) is 15.1. The van der Waals surface area contributed by atoms with E-state index in [9.17, 15) is 0 Å². The summed E-state index contributed by atoms with van der Waals surface area (Å²) >= 11 is 0. The van der Waals surface area contributed by atoms with Gasteiger partial charge in [-0.3, -0.25) is 0 Å². The van der Waals surface area contributed by atoms with E-state index in [-0.39, 0.29) is 10.8 Å². The van der Waals surface area contributed by atoms with Gasteiger partial charge in [-0.25, -0.2) is 0 Å². The predicted molar refractivity (Wildman–Crippen MR) is 117 cm³/mol. The number of nitrogen functional groups attached to an aromatic ring is 2. The van der Waals surface area contributed by atoms with E-state index >= 15 is 0 Å². The van der Waals surface area contributed by atoms with E-state index < -0.39 is 0 Å². The van der Waals surface area contributed by atoms with Crippen LogP contribution in [-0.2, 0) is 10.8 Å². The molecule has 0 fully saturated rings. The molecule has 0 heterocycles. The zero-order valence-corrected chi connectivity index (χ0v) is 17.0. The number of ether oxygens (including phenoxy) is 2. The van der Waals surface area contributed by atoms with E-state index in [1.54, 1.807) is 12.2 Å². The molecule has 0 radical (unpaired) electrons. The molecular formula is C24H30N2O2. The molecule has 1 aliphatic rings. The fourth-order valence-electron chi connectivity index (χ4n) is 4.37. The van der Waals surface area contributed by atoms with E-state index in [1.165, 1.54) is 11.1 Å². The number of benzene rings is 2. The van der Waals surface area contributed by atoms with E-state index in [0.29, 0.717) is 36.1 Å². The molecule has 4 heteroatoms. The highest BCUT2D eigenvalue weighted by molar-refractivity contribution is 5.65. The number of hydrogen-bond acceptors (Lipinski definition) is 4. The summed E-state index contributed by atoms with van der Waals surface area (Å²) in [7, 11) is 0. The third-order valence-electron chi connectivity index (χ3n) is 5.63. The molecule has 148 valence electrons. The predicted octanol–water partition coefficient (Wildman–Crippen LogP) is 4.97. The SMILES string of the molecule is C=CCOc1cc(C2(C)CC(C)(C)c3cc(OCC=C)c(N)cc32)ccc1N. The van der Waals surface area contributed by atoms with Crippen molar-refractivity contribution < 1.29 is 9.47 Å². The number of anilines is 2.